The molecule has 178 valence electrons. The van der Waals surface area contributed by atoms with Crippen molar-refractivity contribution in [2.75, 3.05) is 5.32 Å². The molecule has 1 saturated carbocycles. The van der Waals surface area contributed by atoms with E-state index >= 15 is 0 Å². The summed E-state index contributed by atoms with van der Waals surface area (Å²) < 4.78 is 1.91. The SMILES string of the molecule is [C-]#[N+]C1CC(Cc2nncn2C)(c2cccc(NC(=O)c3cc(C=O)c4c(n3)C(C)(C)CC4)c2)C1. The van der Waals surface area contributed by atoms with Crippen molar-refractivity contribution in [1.82, 2.24) is 19.7 Å². The van der Waals surface area contributed by atoms with Gasteiger partial charge in [0.25, 0.3) is 5.91 Å². The van der Waals surface area contributed by atoms with Crippen molar-refractivity contribution in [2.24, 2.45) is 7.05 Å². The van der Waals surface area contributed by atoms with Gasteiger partial charge in [0.1, 0.15) is 24.1 Å². The largest absolute Gasteiger partial charge is 0.321 e. The van der Waals surface area contributed by atoms with Crippen LogP contribution in [-0.4, -0.2) is 38.0 Å². The smallest absolute Gasteiger partial charge is 0.274 e. The first-order chi connectivity index (χ1) is 16.7. The predicted molar refractivity (Wildman–Crippen MR) is 131 cm³/mol. The highest BCUT2D eigenvalue weighted by atomic mass is 16.2. The topological polar surface area (TPSA) is 94.1 Å². The molecule has 2 aliphatic rings. The van der Waals surface area contributed by atoms with Gasteiger partial charge in [0, 0.05) is 48.4 Å². The molecule has 1 N–H and O–H groups in total. The van der Waals surface area contributed by atoms with E-state index in [0.29, 0.717) is 17.7 Å². The number of fused-ring (bicyclic) bond motifs is 1. The van der Waals surface area contributed by atoms with Gasteiger partial charge in [0.2, 0.25) is 6.04 Å². The highest BCUT2D eigenvalue weighted by Crippen LogP contribution is 2.48. The molecule has 1 fully saturated rings. The Bertz CT molecular complexity index is 1360. The minimum atomic E-state index is -0.342. The lowest BCUT2D eigenvalue weighted by Gasteiger charge is -2.42. The standard InChI is InChI=1S/C27H28N6O2/c1-26(2)9-8-21-17(15-34)10-22(31-24(21)26)25(35)30-19-7-5-6-18(11-19)27(12-20(13-27)28-3)14-23-32-29-16-33(23)4/h5-7,10-11,15-16,20H,8-9,12-14H2,1-2,4H3,(H,30,35). The van der Waals surface area contributed by atoms with Crippen LogP contribution in [-0.2, 0) is 30.7 Å². The van der Waals surface area contributed by atoms with Gasteiger partial charge >= 0.3 is 0 Å². The Labute approximate surface area is 204 Å². The summed E-state index contributed by atoms with van der Waals surface area (Å²) in [7, 11) is 1.92. The van der Waals surface area contributed by atoms with Crippen LogP contribution in [0.5, 0.6) is 0 Å². The molecule has 2 heterocycles. The molecule has 2 aromatic heterocycles. The summed E-state index contributed by atoms with van der Waals surface area (Å²) in [5.41, 5.74) is 3.91. The van der Waals surface area contributed by atoms with Crippen molar-refractivity contribution in [3.8, 4) is 0 Å². The molecule has 1 aromatic carbocycles. The van der Waals surface area contributed by atoms with Gasteiger partial charge in [0.15, 0.2) is 0 Å². The zero-order valence-electron chi connectivity index (χ0n) is 20.2. The van der Waals surface area contributed by atoms with Crippen molar-refractivity contribution in [2.45, 2.75) is 62.8 Å². The lowest BCUT2D eigenvalue weighted by Crippen LogP contribution is -2.45. The van der Waals surface area contributed by atoms with E-state index in [-0.39, 0.29) is 28.5 Å². The second kappa shape index (κ2) is 8.42. The molecule has 8 heteroatoms. The lowest BCUT2D eigenvalue weighted by molar-refractivity contribution is 0.102. The molecule has 0 saturated heterocycles. The highest BCUT2D eigenvalue weighted by Gasteiger charge is 2.50. The fourth-order valence-electron chi connectivity index (χ4n) is 5.50. The summed E-state index contributed by atoms with van der Waals surface area (Å²) in [6, 6.07) is 9.38. The lowest BCUT2D eigenvalue weighted by atomic mass is 9.60. The second-order valence-corrected chi connectivity index (χ2v) is 10.5. The molecule has 0 radical (unpaired) electrons. The van der Waals surface area contributed by atoms with Crippen LogP contribution < -0.4 is 5.32 Å². The summed E-state index contributed by atoms with van der Waals surface area (Å²) >= 11 is 0. The second-order valence-electron chi connectivity index (χ2n) is 10.5. The quantitative estimate of drug-likeness (QED) is 0.435. The van der Waals surface area contributed by atoms with E-state index in [4.69, 9.17) is 6.57 Å². The Hall–Kier alpha value is -3.86. The summed E-state index contributed by atoms with van der Waals surface area (Å²) in [6.07, 6.45) is 6.37. The van der Waals surface area contributed by atoms with Gasteiger partial charge in [-0.2, -0.15) is 0 Å². The van der Waals surface area contributed by atoms with E-state index in [1.165, 1.54) is 0 Å². The Morgan fingerprint density at radius 3 is 2.80 bits per heavy atom. The fraction of sp³-hybridized carbons (Fsp3) is 0.407. The molecule has 3 aromatic rings. The number of aldehydes is 1. The third-order valence-corrected chi connectivity index (χ3v) is 7.63. The number of hydrogen-bond donors (Lipinski definition) is 1. The van der Waals surface area contributed by atoms with Crippen LogP contribution in [0.1, 0.15) is 76.6 Å². The van der Waals surface area contributed by atoms with Crippen LogP contribution in [0, 0.1) is 6.57 Å². The minimum Gasteiger partial charge on any atom is -0.321 e. The van der Waals surface area contributed by atoms with Crippen LogP contribution in [0.25, 0.3) is 4.85 Å². The number of benzene rings is 1. The van der Waals surface area contributed by atoms with Crippen molar-refractivity contribution in [3.05, 3.63) is 82.0 Å². The Kier molecular flexibility index (Phi) is 5.51. The Morgan fingerprint density at radius 2 is 2.11 bits per heavy atom. The summed E-state index contributed by atoms with van der Waals surface area (Å²) in [4.78, 5) is 33.3. The first-order valence-electron chi connectivity index (χ1n) is 11.9. The predicted octanol–water partition coefficient (Wildman–Crippen LogP) is 4.06. The molecule has 0 spiro atoms. The van der Waals surface area contributed by atoms with E-state index in [1.807, 2.05) is 35.9 Å². The minimum absolute atomic E-state index is 0.0118. The van der Waals surface area contributed by atoms with E-state index in [2.05, 4.69) is 39.2 Å². The molecule has 0 bridgehead atoms. The number of nitrogens with one attached hydrogen (secondary N) is 1. The number of nitrogens with zero attached hydrogens (tertiary/aromatic N) is 5. The normalized spacial score (nSPS) is 22.1. The number of pyridine rings is 1. The van der Waals surface area contributed by atoms with Crippen LogP contribution in [0.3, 0.4) is 0 Å². The molecular weight excluding hydrogens is 440 g/mol. The number of aromatic nitrogens is 4. The van der Waals surface area contributed by atoms with Gasteiger partial charge < -0.3 is 14.7 Å². The van der Waals surface area contributed by atoms with E-state index in [9.17, 15) is 9.59 Å². The van der Waals surface area contributed by atoms with E-state index in [1.54, 1.807) is 12.4 Å². The summed E-state index contributed by atoms with van der Waals surface area (Å²) in [5, 5.41) is 11.2. The number of anilines is 1. The number of carbonyl (C=O) groups is 2. The maximum absolute atomic E-state index is 13.2. The summed E-state index contributed by atoms with van der Waals surface area (Å²) in [6.45, 7) is 11.6. The molecule has 8 nitrogen and oxygen atoms in total. The zero-order valence-corrected chi connectivity index (χ0v) is 20.2. The number of amides is 1. The number of hydrogen-bond acceptors (Lipinski definition) is 5. The van der Waals surface area contributed by atoms with Gasteiger partial charge in [-0.05, 0) is 42.2 Å². The Balaban J connectivity index is 1.43. The third-order valence-electron chi connectivity index (χ3n) is 7.63. The highest BCUT2D eigenvalue weighted by molar-refractivity contribution is 6.04. The van der Waals surface area contributed by atoms with Crippen LogP contribution in [0.4, 0.5) is 5.69 Å². The van der Waals surface area contributed by atoms with Crippen molar-refractivity contribution in [3.63, 3.8) is 0 Å². The average Bonchev–Trinajstić information content (AvgIpc) is 3.37. The number of rotatable bonds is 6. The number of aryl methyl sites for hydroxylation is 1. The van der Waals surface area contributed by atoms with Crippen LogP contribution in [0.15, 0.2) is 36.7 Å². The maximum Gasteiger partial charge on any atom is 0.274 e. The van der Waals surface area contributed by atoms with E-state index < -0.39 is 0 Å². The number of carbonyl (C=O) groups excluding carboxylic acids is 2. The molecule has 35 heavy (non-hydrogen) atoms. The van der Waals surface area contributed by atoms with E-state index in [0.717, 1.165) is 54.6 Å². The zero-order chi connectivity index (χ0) is 24.8. The van der Waals surface area contributed by atoms with Crippen molar-refractivity contribution < 1.29 is 9.59 Å². The molecular formula is C27H28N6O2. The molecule has 0 unspecified atom stereocenters. The molecule has 0 aliphatic heterocycles. The van der Waals surface area contributed by atoms with Crippen molar-refractivity contribution >= 4 is 17.9 Å². The van der Waals surface area contributed by atoms with Crippen LogP contribution in [0.2, 0.25) is 0 Å². The third kappa shape index (κ3) is 4.01. The van der Waals surface area contributed by atoms with Crippen molar-refractivity contribution in [1.29, 1.82) is 0 Å². The van der Waals surface area contributed by atoms with Gasteiger partial charge in [-0.15, -0.1) is 10.2 Å². The monoisotopic (exact) mass is 468 g/mol. The molecule has 1 amide bonds. The molecule has 5 rings (SSSR count). The first-order valence-corrected chi connectivity index (χ1v) is 11.9. The van der Waals surface area contributed by atoms with Crippen LogP contribution >= 0.6 is 0 Å². The maximum atomic E-state index is 13.2. The Morgan fingerprint density at radius 1 is 1.31 bits per heavy atom. The van der Waals surface area contributed by atoms with Gasteiger partial charge in [0.05, 0.1) is 5.69 Å². The molecule has 0 atom stereocenters. The van der Waals surface area contributed by atoms with Gasteiger partial charge in [-0.25, -0.2) is 11.6 Å². The van der Waals surface area contributed by atoms with Gasteiger partial charge in [-0.1, -0.05) is 26.0 Å². The first kappa shape index (κ1) is 22.9. The molecule has 2 aliphatic carbocycles. The van der Waals surface area contributed by atoms with Gasteiger partial charge in [-0.3, -0.25) is 9.59 Å². The summed E-state index contributed by atoms with van der Waals surface area (Å²) in [5.74, 6) is 0.528. The average molecular weight is 469 g/mol. The fourth-order valence-corrected chi connectivity index (χ4v) is 5.50.